The fourth-order valence-electron chi connectivity index (χ4n) is 2.57. The second-order valence-corrected chi connectivity index (χ2v) is 6.12. The number of hydrogen-bond donors (Lipinski definition) is 1. The van der Waals surface area contributed by atoms with E-state index in [0.717, 1.165) is 5.69 Å². The molecule has 0 aliphatic heterocycles. The fourth-order valence-corrected chi connectivity index (χ4v) is 2.85. The molecule has 6 nitrogen and oxygen atoms in total. The van der Waals surface area contributed by atoms with Gasteiger partial charge in [0.2, 0.25) is 0 Å². The minimum Gasteiger partial charge on any atom is -0.321 e. The van der Waals surface area contributed by atoms with Crippen LogP contribution < -0.4 is 5.32 Å². The minimum atomic E-state index is -0.373. The van der Waals surface area contributed by atoms with E-state index in [-0.39, 0.29) is 17.4 Å². The third-order valence-electron chi connectivity index (χ3n) is 3.90. The standard InChI is InChI=1S/C19H13ClFN5O/c20-16-11-14(3-6-18(16)25-10-8-22-12-25)23-19(27)17-7-9-26(24-17)15-4-1-13(21)2-5-15/h1-12H,(H,23,27). The number of anilines is 1. The second kappa shape index (κ2) is 7.05. The van der Waals surface area contributed by atoms with Crippen LogP contribution in [0.4, 0.5) is 10.1 Å². The van der Waals surface area contributed by atoms with Gasteiger partial charge in [-0.1, -0.05) is 11.6 Å². The molecule has 8 heteroatoms. The number of nitrogens with one attached hydrogen (secondary N) is 1. The highest BCUT2D eigenvalue weighted by Gasteiger charge is 2.12. The third kappa shape index (κ3) is 3.58. The van der Waals surface area contributed by atoms with Crippen LogP contribution >= 0.6 is 11.6 Å². The molecule has 0 saturated carbocycles. The number of rotatable bonds is 4. The molecule has 0 aliphatic carbocycles. The van der Waals surface area contributed by atoms with E-state index in [1.54, 1.807) is 65.9 Å². The van der Waals surface area contributed by atoms with Crippen molar-refractivity contribution in [3.8, 4) is 11.4 Å². The number of amides is 1. The van der Waals surface area contributed by atoms with Crippen LogP contribution in [0.5, 0.6) is 0 Å². The van der Waals surface area contributed by atoms with Crippen molar-refractivity contribution in [3.63, 3.8) is 0 Å². The summed E-state index contributed by atoms with van der Waals surface area (Å²) >= 11 is 6.30. The highest BCUT2D eigenvalue weighted by molar-refractivity contribution is 6.32. The lowest BCUT2D eigenvalue weighted by molar-refractivity contribution is 0.102. The van der Waals surface area contributed by atoms with Gasteiger partial charge in [-0.3, -0.25) is 4.79 Å². The maximum absolute atomic E-state index is 13.0. The van der Waals surface area contributed by atoms with E-state index in [0.29, 0.717) is 16.4 Å². The van der Waals surface area contributed by atoms with Crippen LogP contribution in [0.3, 0.4) is 0 Å². The lowest BCUT2D eigenvalue weighted by atomic mass is 10.2. The maximum atomic E-state index is 13.0. The highest BCUT2D eigenvalue weighted by Crippen LogP contribution is 2.24. The fraction of sp³-hybridized carbons (Fsp3) is 0. The third-order valence-corrected chi connectivity index (χ3v) is 4.20. The zero-order valence-corrected chi connectivity index (χ0v) is 14.6. The molecule has 2 aromatic heterocycles. The largest absolute Gasteiger partial charge is 0.321 e. The number of carbonyl (C=O) groups is 1. The Morgan fingerprint density at radius 3 is 2.59 bits per heavy atom. The number of hydrogen-bond acceptors (Lipinski definition) is 3. The van der Waals surface area contributed by atoms with Gasteiger partial charge in [0.15, 0.2) is 5.69 Å². The van der Waals surface area contributed by atoms with E-state index < -0.39 is 0 Å². The lowest BCUT2D eigenvalue weighted by Crippen LogP contribution is -2.13. The summed E-state index contributed by atoms with van der Waals surface area (Å²) in [4.78, 5) is 16.4. The molecule has 0 fully saturated rings. The van der Waals surface area contributed by atoms with Gasteiger partial charge in [0, 0.05) is 24.3 Å². The maximum Gasteiger partial charge on any atom is 0.276 e. The predicted molar refractivity (Wildman–Crippen MR) is 100 cm³/mol. The molecule has 2 heterocycles. The van der Waals surface area contributed by atoms with Gasteiger partial charge in [0.05, 0.1) is 22.7 Å². The van der Waals surface area contributed by atoms with Crippen molar-refractivity contribution in [2.24, 2.45) is 0 Å². The van der Waals surface area contributed by atoms with Gasteiger partial charge >= 0.3 is 0 Å². The van der Waals surface area contributed by atoms with Crippen molar-refractivity contribution in [2.45, 2.75) is 0 Å². The Morgan fingerprint density at radius 1 is 1.07 bits per heavy atom. The molecule has 27 heavy (non-hydrogen) atoms. The van der Waals surface area contributed by atoms with Crippen molar-refractivity contribution < 1.29 is 9.18 Å². The molecule has 0 atom stereocenters. The first-order chi connectivity index (χ1) is 13.1. The number of benzene rings is 2. The first kappa shape index (κ1) is 17.0. The van der Waals surface area contributed by atoms with Crippen molar-refractivity contribution >= 4 is 23.2 Å². The molecule has 4 rings (SSSR count). The second-order valence-electron chi connectivity index (χ2n) is 5.71. The van der Waals surface area contributed by atoms with Gasteiger partial charge in [-0.15, -0.1) is 0 Å². The molecule has 0 saturated heterocycles. The summed E-state index contributed by atoms with van der Waals surface area (Å²) in [5.41, 5.74) is 2.19. The lowest BCUT2D eigenvalue weighted by Gasteiger charge is -2.08. The number of carbonyl (C=O) groups excluding carboxylic acids is 1. The monoisotopic (exact) mass is 381 g/mol. The number of halogens is 2. The molecule has 4 aromatic rings. The van der Waals surface area contributed by atoms with Gasteiger partial charge in [0.25, 0.3) is 5.91 Å². The first-order valence-corrected chi connectivity index (χ1v) is 8.39. The van der Waals surface area contributed by atoms with Crippen molar-refractivity contribution in [1.29, 1.82) is 0 Å². The number of nitrogens with zero attached hydrogens (tertiary/aromatic N) is 4. The Kier molecular flexibility index (Phi) is 4.43. The van der Waals surface area contributed by atoms with Gasteiger partial charge in [-0.2, -0.15) is 5.10 Å². The summed E-state index contributed by atoms with van der Waals surface area (Å²) in [6.07, 6.45) is 6.71. The minimum absolute atomic E-state index is 0.231. The normalized spacial score (nSPS) is 10.7. The van der Waals surface area contributed by atoms with E-state index in [4.69, 9.17) is 11.6 Å². The van der Waals surface area contributed by atoms with Crippen LogP contribution in [-0.4, -0.2) is 25.2 Å². The van der Waals surface area contributed by atoms with Gasteiger partial charge in [0.1, 0.15) is 5.82 Å². The van der Waals surface area contributed by atoms with E-state index >= 15 is 0 Å². The molecule has 134 valence electrons. The summed E-state index contributed by atoms with van der Waals surface area (Å²) < 4.78 is 16.3. The number of aromatic nitrogens is 4. The quantitative estimate of drug-likeness (QED) is 0.578. The van der Waals surface area contributed by atoms with E-state index in [9.17, 15) is 9.18 Å². The van der Waals surface area contributed by atoms with E-state index in [2.05, 4.69) is 15.4 Å². The van der Waals surface area contributed by atoms with Crippen molar-refractivity contribution in [1.82, 2.24) is 19.3 Å². The van der Waals surface area contributed by atoms with E-state index in [1.807, 2.05) is 0 Å². The topological polar surface area (TPSA) is 64.7 Å². The Morgan fingerprint density at radius 2 is 1.89 bits per heavy atom. The van der Waals surface area contributed by atoms with Gasteiger partial charge in [-0.05, 0) is 48.5 Å². The van der Waals surface area contributed by atoms with Crippen LogP contribution in [0.15, 0.2) is 73.4 Å². The molecular weight excluding hydrogens is 369 g/mol. The number of imidazole rings is 1. The van der Waals surface area contributed by atoms with Crippen molar-refractivity contribution in [3.05, 3.63) is 90.0 Å². The summed E-state index contributed by atoms with van der Waals surface area (Å²) in [6, 6.07) is 12.6. The average molecular weight is 382 g/mol. The smallest absolute Gasteiger partial charge is 0.276 e. The van der Waals surface area contributed by atoms with E-state index in [1.165, 1.54) is 16.8 Å². The predicted octanol–water partition coefficient (Wildman–Crippen LogP) is 4.10. The Labute approximate surface area is 158 Å². The Hall–Kier alpha value is -3.45. The first-order valence-electron chi connectivity index (χ1n) is 8.01. The molecule has 1 amide bonds. The molecule has 0 radical (unpaired) electrons. The summed E-state index contributed by atoms with van der Waals surface area (Å²) in [6.45, 7) is 0. The molecular formula is C19H13ClFN5O. The van der Waals surface area contributed by atoms with Crippen molar-refractivity contribution in [2.75, 3.05) is 5.32 Å². The van der Waals surface area contributed by atoms with Gasteiger partial charge in [-0.25, -0.2) is 14.1 Å². The summed E-state index contributed by atoms with van der Waals surface area (Å²) in [7, 11) is 0. The molecule has 0 unspecified atom stereocenters. The molecule has 0 spiro atoms. The molecule has 0 bridgehead atoms. The average Bonchev–Trinajstić information content (AvgIpc) is 3.35. The SMILES string of the molecule is O=C(Nc1ccc(-n2ccnc2)c(Cl)c1)c1ccn(-c2ccc(F)cc2)n1. The van der Waals surface area contributed by atoms with Crippen LogP contribution in [0, 0.1) is 5.82 Å². The summed E-state index contributed by atoms with van der Waals surface area (Å²) in [5.74, 6) is -0.706. The van der Waals surface area contributed by atoms with Crippen LogP contribution in [-0.2, 0) is 0 Å². The van der Waals surface area contributed by atoms with Crippen LogP contribution in [0.2, 0.25) is 5.02 Å². The molecule has 1 N–H and O–H groups in total. The van der Waals surface area contributed by atoms with Gasteiger partial charge < -0.3 is 9.88 Å². The van der Waals surface area contributed by atoms with Crippen LogP contribution in [0.25, 0.3) is 11.4 Å². The zero-order chi connectivity index (χ0) is 18.8. The Bertz CT molecular complexity index is 1090. The molecule has 2 aromatic carbocycles. The zero-order valence-electron chi connectivity index (χ0n) is 13.9. The van der Waals surface area contributed by atoms with Crippen LogP contribution in [0.1, 0.15) is 10.5 Å². The Balaban J connectivity index is 1.51. The highest BCUT2D eigenvalue weighted by atomic mass is 35.5. The summed E-state index contributed by atoms with van der Waals surface area (Å²) in [5, 5.41) is 7.46. The molecule has 0 aliphatic rings.